The second-order valence-corrected chi connectivity index (χ2v) is 4.28. The predicted molar refractivity (Wildman–Crippen MR) is 53.9 cm³/mol. The summed E-state index contributed by atoms with van der Waals surface area (Å²) in [6.45, 7) is 6.98. The van der Waals surface area contributed by atoms with Gasteiger partial charge in [-0.25, -0.2) is 0 Å². The van der Waals surface area contributed by atoms with Crippen molar-refractivity contribution in [2.75, 3.05) is 0 Å². The molecule has 0 spiro atoms. The summed E-state index contributed by atoms with van der Waals surface area (Å²) in [5.41, 5.74) is 0.940. The van der Waals surface area contributed by atoms with E-state index in [0.717, 1.165) is 24.9 Å². The zero-order chi connectivity index (χ0) is 10.6. The van der Waals surface area contributed by atoms with Crippen LogP contribution >= 0.6 is 0 Å². The Balaban J connectivity index is 2.63. The molecule has 0 N–H and O–H groups in total. The summed E-state index contributed by atoms with van der Waals surface area (Å²) >= 11 is 0. The Hall–Kier alpha value is -1.19. The predicted octanol–water partition coefficient (Wildman–Crippen LogP) is 1.46. The molecule has 4 nitrogen and oxygen atoms in total. The van der Waals surface area contributed by atoms with Crippen LogP contribution in [0.1, 0.15) is 32.9 Å². The first-order valence-corrected chi connectivity index (χ1v) is 4.90. The van der Waals surface area contributed by atoms with E-state index in [9.17, 15) is 4.79 Å². The molecule has 0 aliphatic heterocycles. The summed E-state index contributed by atoms with van der Waals surface area (Å²) in [5, 5.41) is 8.01. The fraction of sp³-hybridized carbons (Fsp3) is 0.700. The van der Waals surface area contributed by atoms with E-state index >= 15 is 0 Å². The van der Waals surface area contributed by atoms with Crippen molar-refractivity contribution in [2.24, 2.45) is 5.41 Å². The van der Waals surface area contributed by atoms with Crippen LogP contribution in [0.15, 0.2) is 6.20 Å². The minimum absolute atomic E-state index is 0.0175. The first kappa shape index (κ1) is 10.9. The van der Waals surface area contributed by atoms with Gasteiger partial charge in [0.15, 0.2) is 0 Å². The normalized spacial score (nSPS) is 11.6. The van der Waals surface area contributed by atoms with Crippen molar-refractivity contribution < 1.29 is 4.79 Å². The number of aryl methyl sites for hydroxylation is 1. The van der Waals surface area contributed by atoms with Gasteiger partial charge in [-0.2, -0.15) is 0 Å². The van der Waals surface area contributed by atoms with E-state index in [1.165, 1.54) is 0 Å². The van der Waals surface area contributed by atoms with Gasteiger partial charge in [-0.3, -0.25) is 4.68 Å². The number of carbonyl (C=O) groups excluding carboxylic acids is 1. The number of hydrogen-bond donors (Lipinski definition) is 0. The van der Waals surface area contributed by atoms with E-state index in [2.05, 4.69) is 24.2 Å². The van der Waals surface area contributed by atoms with Crippen molar-refractivity contribution in [3.63, 3.8) is 0 Å². The Bertz CT molecular complexity index is 304. The smallest absolute Gasteiger partial charge is 0.120 e. The van der Waals surface area contributed by atoms with Crippen molar-refractivity contribution in [1.29, 1.82) is 0 Å². The van der Waals surface area contributed by atoms with Gasteiger partial charge in [0.25, 0.3) is 0 Å². The highest BCUT2D eigenvalue weighted by Gasteiger charge is 2.19. The lowest BCUT2D eigenvalue weighted by Gasteiger charge is -2.19. The van der Waals surface area contributed by atoms with Gasteiger partial charge in [-0.1, -0.05) is 19.1 Å². The van der Waals surface area contributed by atoms with Crippen LogP contribution in [-0.2, 0) is 17.8 Å². The summed E-state index contributed by atoms with van der Waals surface area (Å²) in [7, 11) is 0. The number of hydrogen-bond acceptors (Lipinski definition) is 3. The molecule has 1 rings (SSSR count). The van der Waals surface area contributed by atoms with Gasteiger partial charge >= 0.3 is 0 Å². The van der Waals surface area contributed by atoms with E-state index in [1.807, 2.05) is 13.1 Å². The molecule has 0 amide bonds. The van der Waals surface area contributed by atoms with Crippen molar-refractivity contribution in [1.82, 2.24) is 15.0 Å². The van der Waals surface area contributed by atoms with Gasteiger partial charge in [-0.05, 0) is 18.8 Å². The Morgan fingerprint density at radius 1 is 1.57 bits per heavy atom. The summed E-state index contributed by atoms with van der Waals surface area (Å²) in [4.78, 5) is 10.4. The number of aldehydes is 1. The lowest BCUT2D eigenvalue weighted by Crippen LogP contribution is -2.15. The van der Waals surface area contributed by atoms with Crippen molar-refractivity contribution in [3.8, 4) is 0 Å². The van der Waals surface area contributed by atoms with Gasteiger partial charge < -0.3 is 4.79 Å². The largest absolute Gasteiger partial charge is 0.303 e. The van der Waals surface area contributed by atoms with Crippen LogP contribution in [0.25, 0.3) is 0 Å². The Kier molecular flexibility index (Phi) is 3.38. The molecule has 0 atom stereocenters. The van der Waals surface area contributed by atoms with Crippen LogP contribution in [0.2, 0.25) is 0 Å². The number of rotatable bonds is 5. The first-order valence-electron chi connectivity index (χ1n) is 4.90. The van der Waals surface area contributed by atoms with Gasteiger partial charge in [0.2, 0.25) is 0 Å². The zero-order valence-electron chi connectivity index (χ0n) is 9.03. The summed E-state index contributed by atoms with van der Waals surface area (Å²) in [6.07, 6.45) is 4.26. The topological polar surface area (TPSA) is 47.8 Å². The summed E-state index contributed by atoms with van der Waals surface area (Å²) < 4.78 is 1.80. The van der Waals surface area contributed by atoms with E-state index in [1.54, 1.807) is 4.68 Å². The van der Waals surface area contributed by atoms with Crippen LogP contribution in [0.5, 0.6) is 0 Å². The minimum atomic E-state index is -0.0175. The molecule has 0 aromatic carbocycles. The maximum Gasteiger partial charge on any atom is 0.120 e. The van der Waals surface area contributed by atoms with E-state index in [4.69, 9.17) is 0 Å². The van der Waals surface area contributed by atoms with Crippen LogP contribution < -0.4 is 0 Å². The monoisotopic (exact) mass is 195 g/mol. The third kappa shape index (κ3) is 2.94. The molecule has 0 fully saturated rings. The highest BCUT2D eigenvalue weighted by Crippen LogP contribution is 2.23. The average Bonchev–Trinajstić information content (AvgIpc) is 2.51. The third-order valence-corrected chi connectivity index (χ3v) is 2.21. The van der Waals surface area contributed by atoms with Crippen LogP contribution in [0, 0.1) is 5.41 Å². The standard InChI is InChI=1S/C10H17N3O/c1-4-13-8-9(11-12-13)7-10(2,3)5-6-14/h6,8H,4-5,7H2,1-3H3. The molecule has 4 heteroatoms. The van der Waals surface area contributed by atoms with Gasteiger partial charge in [0.05, 0.1) is 5.69 Å². The summed E-state index contributed by atoms with van der Waals surface area (Å²) in [6, 6.07) is 0. The minimum Gasteiger partial charge on any atom is -0.303 e. The quantitative estimate of drug-likeness (QED) is 0.668. The molecule has 0 aliphatic rings. The molecule has 0 saturated carbocycles. The fourth-order valence-corrected chi connectivity index (χ4v) is 1.36. The molecule has 1 aromatic heterocycles. The molecule has 0 bridgehead atoms. The molecule has 78 valence electrons. The summed E-state index contributed by atoms with van der Waals surface area (Å²) in [5.74, 6) is 0. The highest BCUT2D eigenvalue weighted by atomic mass is 16.1. The molecule has 1 aromatic rings. The maximum atomic E-state index is 10.4. The van der Waals surface area contributed by atoms with E-state index < -0.39 is 0 Å². The van der Waals surface area contributed by atoms with E-state index in [0.29, 0.717) is 6.42 Å². The van der Waals surface area contributed by atoms with Gasteiger partial charge in [0, 0.05) is 19.2 Å². The van der Waals surface area contributed by atoms with E-state index in [-0.39, 0.29) is 5.41 Å². The molecule has 1 heterocycles. The molecule has 0 aliphatic carbocycles. The zero-order valence-corrected chi connectivity index (χ0v) is 9.03. The average molecular weight is 195 g/mol. The molecule has 14 heavy (non-hydrogen) atoms. The van der Waals surface area contributed by atoms with Gasteiger partial charge in [0.1, 0.15) is 6.29 Å². The maximum absolute atomic E-state index is 10.4. The number of aromatic nitrogens is 3. The van der Waals surface area contributed by atoms with Gasteiger partial charge in [-0.15, -0.1) is 5.10 Å². The SMILES string of the molecule is CCn1cc(CC(C)(C)CC=O)nn1. The second-order valence-electron chi connectivity index (χ2n) is 4.28. The van der Waals surface area contributed by atoms with Crippen LogP contribution in [0.3, 0.4) is 0 Å². The second kappa shape index (κ2) is 4.35. The number of nitrogens with zero attached hydrogens (tertiary/aromatic N) is 3. The molecule has 0 saturated heterocycles. The first-order chi connectivity index (χ1) is 6.57. The number of carbonyl (C=O) groups is 1. The Morgan fingerprint density at radius 3 is 2.79 bits per heavy atom. The third-order valence-electron chi connectivity index (χ3n) is 2.21. The Labute approximate surface area is 84.3 Å². The molecular weight excluding hydrogens is 178 g/mol. The lowest BCUT2D eigenvalue weighted by atomic mass is 9.85. The Morgan fingerprint density at radius 2 is 2.29 bits per heavy atom. The lowest BCUT2D eigenvalue weighted by molar-refractivity contribution is -0.109. The highest BCUT2D eigenvalue weighted by molar-refractivity contribution is 5.50. The van der Waals surface area contributed by atoms with Crippen LogP contribution in [0.4, 0.5) is 0 Å². The molecule has 0 radical (unpaired) electrons. The van der Waals surface area contributed by atoms with Crippen LogP contribution in [-0.4, -0.2) is 21.3 Å². The molecule has 0 unspecified atom stereocenters. The van der Waals surface area contributed by atoms with Crippen molar-refractivity contribution in [3.05, 3.63) is 11.9 Å². The molecular formula is C10H17N3O. The van der Waals surface area contributed by atoms with Crippen molar-refractivity contribution >= 4 is 6.29 Å². The fourth-order valence-electron chi connectivity index (χ4n) is 1.36. The van der Waals surface area contributed by atoms with Crippen molar-refractivity contribution in [2.45, 2.75) is 40.2 Å².